The molecule has 2 atom stereocenters. The Morgan fingerprint density at radius 1 is 1.29 bits per heavy atom. The molecular weight excluding hydrogens is 284 g/mol. The highest BCUT2D eigenvalue weighted by molar-refractivity contribution is 7.92. The van der Waals surface area contributed by atoms with Crippen molar-refractivity contribution in [2.24, 2.45) is 5.92 Å². The van der Waals surface area contributed by atoms with Crippen LogP contribution in [0.5, 0.6) is 0 Å². The fraction of sp³-hybridized carbons (Fsp3) is 0.625. The molecule has 2 unspecified atom stereocenters. The monoisotopic (exact) mass is 308 g/mol. The second-order valence-corrected chi connectivity index (χ2v) is 8.19. The molecule has 0 saturated carbocycles. The third kappa shape index (κ3) is 3.09. The van der Waals surface area contributed by atoms with Crippen molar-refractivity contribution in [3.05, 3.63) is 29.8 Å². The quantitative estimate of drug-likeness (QED) is 0.931. The number of fused-ring (bicyclic) bond motifs is 1. The van der Waals surface area contributed by atoms with E-state index in [1.807, 2.05) is 31.2 Å². The predicted octanol–water partition coefficient (Wildman–Crippen LogP) is 2.16. The van der Waals surface area contributed by atoms with Crippen molar-refractivity contribution >= 4 is 15.7 Å². The first-order chi connectivity index (χ1) is 10.1. The Kier molecular flexibility index (Phi) is 4.22. The number of aryl methyl sites for hydroxylation is 1. The molecule has 1 saturated heterocycles. The van der Waals surface area contributed by atoms with E-state index < -0.39 is 10.0 Å². The Morgan fingerprint density at radius 3 is 2.86 bits per heavy atom. The van der Waals surface area contributed by atoms with E-state index in [1.54, 1.807) is 4.31 Å². The van der Waals surface area contributed by atoms with Crippen LogP contribution < -0.4 is 9.62 Å². The number of benzene rings is 1. The fourth-order valence-electron chi connectivity index (χ4n) is 3.52. The zero-order valence-corrected chi connectivity index (χ0v) is 13.4. The maximum absolute atomic E-state index is 12.9. The third-order valence-electron chi connectivity index (χ3n) is 4.61. The van der Waals surface area contributed by atoms with Crippen molar-refractivity contribution in [3.63, 3.8) is 0 Å². The zero-order valence-electron chi connectivity index (χ0n) is 12.6. The van der Waals surface area contributed by atoms with Crippen LogP contribution in [0.3, 0.4) is 0 Å². The highest BCUT2D eigenvalue weighted by Gasteiger charge is 2.34. The van der Waals surface area contributed by atoms with Crippen LogP contribution in [0.25, 0.3) is 0 Å². The van der Waals surface area contributed by atoms with E-state index in [2.05, 4.69) is 5.32 Å². The lowest BCUT2D eigenvalue weighted by molar-refractivity contribution is 0.403. The van der Waals surface area contributed by atoms with Gasteiger partial charge in [0, 0.05) is 6.04 Å². The molecule has 2 aliphatic rings. The van der Waals surface area contributed by atoms with Crippen LogP contribution in [0.15, 0.2) is 24.3 Å². The van der Waals surface area contributed by atoms with Crippen LogP contribution in [-0.2, 0) is 16.4 Å². The number of sulfonamides is 1. The molecule has 2 heterocycles. The number of piperidine rings is 1. The average molecular weight is 308 g/mol. The highest BCUT2D eigenvalue weighted by atomic mass is 32.2. The second-order valence-electron chi connectivity index (χ2n) is 6.30. The summed E-state index contributed by atoms with van der Waals surface area (Å²) < 4.78 is 27.5. The van der Waals surface area contributed by atoms with Gasteiger partial charge in [-0.25, -0.2) is 8.42 Å². The van der Waals surface area contributed by atoms with Crippen LogP contribution in [0, 0.1) is 5.92 Å². The van der Waals surface area contributed by atoms with Gasteiger partial charge in [0.05, 0.1) is 11.4 Å². The Labute approximate surface area is 127 Å². The zero-order chi connectivity index (χ0) is 14.9. The van der Waals surface area contributed by atoms with Crippen molar-refractivity contribution in [2.45, 2.75) is 38.6 Å². The Hall–Kier alpha value is -1.07. The van der Waals surface area contributed by atoms with E-state index in [0.29, 0.717) is 0 Å². The first-order valence-corrected chi connectivity index (χ1v) is 9.49. The molecule has 116 valence electrons. The second kappa shape index (κ2) is 5.97. The van der Waals surface area contributed by atoms with Crippen LogP contribution in [0.1, 0.15) is 31.7 Å². The SMILES string of the molecule is CC1CCc2ccccc2N1S(=O)(=O)CC1CCCNC1. The molecule has 0 radical (unpaired) electrons. The van der Waals surface area contributed by atoms with Crippen LogP contribution in [-0.4, -0.2) is 33.3 Å². The Balaban J connectivity index is 1.87. The Morgan fingerprint density at radius 2 is 2.10 bits per heavy atom. The summed E-state index contributed by atoms with van der Waals surface area (Å²) in [5.74, 6) is 0.503. The molecule has 0 amide bonds. The largest absolute Gasteiger partial charge is 0.316 e. The minimum Gasteiger partial charge on any atom is -0.316 e. The van der Waals surface area contributed by atoms with Gasteiger partial charge >= 0.3 is 0 Å². The number of para-hydroxylation sites is 1. The van der Waals surface area contributed by atoms with Crippen molar-refractivity contribution < 1.29 is 8.42 Å². The molecule has 1 aromatic carbocycles. The standard InChI is InChI=1S/C16H24N2O2S/c1-13-8-9-15-6-2-3-7-16(15)18(13)21(19,20)12-14-5-4-10-17-11-14/h2-3,6-7,13-14,17H,4-5,8-12H2,1H3. The van der Waals surface area contributed by atoms with E-state index in [9.17, 15) is 8.42 Å². The molecular formula is C16H24N2O2S. The molecule has 21 heavy (non-hydrogen) atoms. The molecule has 1 N–H and O–H groups in total. The summed E-state index contributed by atoms with van der Waals surface area (Å²) in [6, 6.07) is 7.97. The van der Waals surface area contributed by atoms with Crippen LogP contribution >= 0.6 is 0 Å². The molecule has 4 nitrogen and oxygen atoms in total. The summed E-state index contributed by atoms with van der Waals surface area (Å²) in [5.41, 5.74) is 2.04. The molecule has 1 aromatic rings. The van der Waals surface area contributed by atoms with Gasteiger partial charge in [0.25, 0.3) is 0 Å². The van der Waals surface area contributed by atoms with E-state index in [4.69, 9.17) is 0 Å². The minimum atomic E-state index is -3.25. The van der Waals surface area contributed by atoms with Gasteiger partial charge in [-0.05, 0) is 63.2 Å². The minimum absolute atomic E-state index is 0.0569. The lowest BCUT2D eigenvalue weighted by atomic mass is 9.99. The van der Waals surface area contributed by atoms with Gasteiger partial charge in [0.15, 0.2) is 0 Å². The summed E-state index contributed by atoms with van der Waals surface area (Å²) in [7, 11) is -3.25. The fourth-order valence-corrected chi connectivity index (χ4v) is 5.70. The normalized spacial score (nSPS) is 26.4. The number of hydrogen-bond donors (Lipinski definition) is 1. The summed E-state index contributed by atoms with van der Waals surface area (Å²) in [5, 5.41) is 3.31. The molecule has 3 rings (SSSR count). The molecule has 2 aliphatic heterocycles. The molecule has 5 heteroatoms. The first kappa shape index (κ1) is 14.9. The highest BCUT2D eigenvalue weighted by Crippen LogP contribution is 2.33. The number of anilines is 1. The van der Waals surface area contributed by atoms with Gasteiger partial charge in [-0.2, -0.15) is 0 Å². The van der Waals surface area contributed by atoms with Gasteiger partial charge in [-0.3, -0.25) is 4.31 Å². The van der Waals surface area contributed by atoms with E-state index in [-0.39, 0.29) is 17.7 Å². The first-order valence-electron chi connectivity index (χ1n) is 7.88. The maximum Gasteiger partial charge on any atom is 0.235 e. The number of nitrogens with one attached hydrogen (secondary N) is 1. The van der Waals surface area contributed by atoms with E-state index >= 15 is 0 Å². The van der Waals surface area contributed by atoms with Crippen molar-refractivity contribution in [1.29, 1.82) is 0 Å². The van der Waals surface area contributed by atoms with Gasteiger partial charge in [0.1, 0.15) is 0 Å². The molecule has 0 spiro atoms. The van der Waals surface area contributed by atoms with E-state index in [1.165, 1.54) is 0 Å². The van der Waals surface area contributed by atoms with E-state index in [0.717, 1.165) is 50.0 Å². The van der Waals surface area contributed by atoms with Crippen molar-refractivity contribution in [3.8, 4) is 0 Å². The van der Waals surface area contributed by atoms with Crippen LogP contribution in [0.2, 0.25) is 0 Å². The maximum atomic E-state index is 12.9. The summed E-state index contributed by atoms with van der Waals surface area (Å²) >= 11 is 0. The van der Waals surface area contributed by atoms with Gasteiger partial charge in [0.2, 0.25) is 10.0 Å². The molecule has 1 fully saturated rings. The number of rotatable bonds is 3. The van der Waals surface area contributed by atoms with Gasteiger partial charge < -0.3 is 5.32 Å². The smallest absolute Gasteiger partial charge is 0.235 e. The molecule has 0 aromatic heterocycles. The topological polar surface area (TPSA) is 49.4 Å². The summed E-state index contributed by atoms with van der Waals surface area (Å²) in [6.07, 6.45) is 3.95. The summed E-state index contributed by atoms with van der Waals surface area (Å²) in [4.78, 5) is 0. The predicted molar refractivity (Wildman–Crippen MR) is 86.1 cm³/mol. The van der Waals surface area contributed by atoms with Gasteiger partial charge in [-0.15, -0.1) is 0 Å². The molecule has 0 aliphatic carbocycles. The van der Waals surface area contributed by atoms with Gasteiger partial charge in [-0.1, -0.05) is 18.2 Å². The van der Waals surface area contributed by atoms with Crippen LogP contribution in [0.4, 0.5) is 5.69 Å². The summed E-state index contributed by atoms with van der Waals surface area (Å²) in [6.45, 7) is 3.86. The third-order valence-corrected chi connectivity index (χ3v) is 6.65. The lowest BCUT2D eigenvalue weighted by Gasteiger charge is -2.37. The van der Waals surface area contributed by atoms with Crippen molar-refractivity contribution in [2.75, 3.05) is 23.1 Å². The average Bonchev–Trinajstić information content (AvgIpc) is 2.47. The number of nitrogens with zero attached hydrogens (tertiary/aromatic N) is 1. The lowest BCUT2D eigenvalue weighted by Crippen LogP contribution is -2.46. The number of hydrogen-bond acceptors (Lipinski definition) is 3. The Bertz CT molecular complexity index is 594. The molecule has 0 bridgehead atoms. The van der Waals surface area contributed by atoms with Crippen molar-refractivity contribution in [1.82, 2.24) is 5.32 Å².